The normalized spacial score (nSPS) is 17.0. The van der Waals surface area contributed by atoms with Gasteiger partial charge in [-0.25, -0.2) is 0 Å². The van der Waals surface area contributed by atoms with Gasteiger partial charge in [0.05, 0.1) is 0 Å². The van der Waals surface area contributed by atoms with Crippen molar-refractivity contribution in [1.29, 1.82) is 0 Å². The Balaban J connectivity index is 1.59. The number of hydrogen-bond acceptors (Lipinski definition) is 0. The molecule has 2 heteroatoms. The van der Waals surface area contributed by atoms with Gasteiger partial charge in [-0.1, -0.05) is 88.4 Å². The molecule has 0 amide bonds. The van der Waals surface area contributed by atoms with E-state index in [2.05, 4.69) is 123 Å². The van der Waals surface area contributed by atoms with Gasteiger partial charge in [-0.15, -0.1) is 0 Å². The van der Waals surface area contributed by atoms with E-state index in [1.807, 2.05) is 0 Å². The van der Waals surface area contributed by atoms with Gasteiger partial charge >= 0.3 is 0 Å². The van der Waals surface area contributed by atoms with E-state index in [-0.39, 0.29) is 10.8 Å². The molecule has 4 aromatic rings. The molecule has 0 spiro atoms. The highest BCUT2D eigenvalue weighted by Gasteiger charge is 2.40. The molecule has 32 heavy (non-hydrogen) atoms. The van der Waals surface area contributed by atoms with Crippen LogP contribution in [0.1, 0.15) is 49.9 Å². The second kappa shape index (κ2) is 6.65. The van der Waals surface area contributed by atoms with E-state index in [9.17, 15) is 0 Å². The summed E-state index contributed by atoms with van der Waals surface area (Å²) < 4.78 is 0. The standard InChI is InChI=1S/C30H28N2/c1-29(2)21-13-5-7-17-25(21)31-27-19(11-9-15-23(27)29)20-12-10-16-24-28(20)32-26-18-8-6-14-22(26)30(24,3)4/h5-18,31-32H,1-4H3/p+2. The molecule has 158 valence electrons. The molecule has 0 aromatic heterocycles. The highest BCUT2D eigenvalue weighted by atomic mass is 14.9. The van der Waals surface area contributed by atoms with Crippen molar-refractivity contribution < 1.29 is 10.6 Å². The third-order valence-electron chi connectivity index (χ3n) is 7.72. The van der Waals surface area contributed by atoms with Crippen LogP contribution in [0.5, 0.6) is 0 Å². The third-order valence-corrected chi connectivity index (χ3v) is 7.72. The third kappa shape index (κ3) is 2.60. The number of para-hydroxylation sites is 4. The lowest BCUT2D eigenvalue weighted by molar-refractivity contribution is -0.484. The SMILES string of the molecule is CC1(C)c2ccccc2[NH2+]c2c(-c3cccc4c3[NH2+]c3ccccc3C4(C)C)cccc21. The summed E-state index contributed by atoms with van der Waals surface area (Å²) in [7, 11) is 0. The Bertz CT molecular complexity index is 1270. The molecule has 0 saturated carbocycles. The van der Waals surface area contributed by atoms with Gasteiger partial charge < -0.3 is 0 Å². The highest BCUT2D eigenvalue weighted by molar-refractivity contribution is 5.86. The van der Waals surface area contributed by atoms with Crippen LogP contribution in [-0.4, -0.2) is 0 Å². The van der Waals surface area contributed by atoms with Crippen molar-refractivity contribution in [3.8, 4) is 11.1 Å². The predicted octanol–water partition coefficient (Wildman–Crippen LogP) is 5.69. The molecule has 0 fully saturated rings. The van der Waals surface area contributed by atoms with E-state index in [1.165, 1.54) is 56.1 Å². The summed E-state index contributed by atoms with van der Waals surface area (Å²) in [4.78, 5) is 0. The molecule has 4 aromatic carbocycles. The summed E-state index contributed by atoms with van der Waals surface area (Å²) in [5.74, 6) is 0. The van der Waals surface area contributed by atoms with Crippen molar-refractivity contribution >= 4 is 22.7 Å². The largest absolute Gasteiger partial charge is 0.281 e. The van der Waals surface area contributed by atoms with Gasteiger partial charge in [0.15, 0.2) is 0 Å². The molecular weight excluding hydrogens is 388 g/mol. The van der Waals surface area contributed by atoms with Gasteiger partial charge in [0, 0.05) is 44.2 Å². The predicted molar refractivity (Wildman–Crippen MR) is 132 cm³/mol. The second-order valence-corrected chi connectivity index (χ2v) is 10.2. The van der Waals surface area contributed by atoms with Crippen molar-refractivity contribution in [3.05, 3.63) is 107 Å². The van der Waals surface area contributed by atoms with Crippen LogP contribution in [0.2, 0.25) is 0 Å². The molecule has 0 aliphatic carbocycles. The van der Waals surface area contributed by atoms with E-state index in [0.717, 1.165) is 0 Å². The maximum atomic E-state index is 2.40. The molecule has 4 N–H and O–H groups in total. The highest BCUT2D eigenvalue weighted by Crippen LogP contribution is 2.48. The average Bonchev–Trinajstić information content (AvgIpc) is 2.79. The molecule has 0 bridgehead atoms. The van der Waals surface area contributed by atoms with E-state index in [0.29, 0.717) is 0 Å². The van der Waals surface area contributed by atoms with Gasteiger partial charge in [-0.2, -0.15) is 0 Å². The van der Waals surface area contributed by atoms with Crippen molar-refractivity contribution in [2.24, 2.45) is 0 Å². The van der Waals surface area contributed by atoms with Crippen LogP contribution in [0.15, 0.2) is 84.9 Å². The molecule has 2 aliphatic rings. The number of rotatable bonds is 1. The van der Waals surface area contributed by atoms with Gasteiger partial charge in [-0.3, -0.25) is 10.6 Å². The number of hydrogen-bond donors (Lipinski definition) is 2. The zero-order valence-electron chi connectivity index (χ0n) is 19.2. The molecule has 0 saturated heterocycles. The van der Waals surface area contributed by atoms with Crippen molar-refractivity contribution in [1.82, 2.24) is 0 Å². The van der Waals surface area contributed by atoms with Crippen LogP contribution in [0, 0.1) is 0 Å². The van der Waals surface area contributed by atoms with Crippen LogP contribution in [0.25, 0.3) is 11.1 Å². The van der Waals surface area contributed by atoms with E-state index >= 15 is 0 Å². The van der Waals surface area contributed by atoms with Gasteiger partial charge in [0.25, 0.3) is 0 Å². The van der Waals surface area contributed by atoms with Gasteiger partial charge in [-0.05, 0) is 24.3 Å². The minimum absolute atomic E-state index is 0.0267. The fourth-order valence-corrected chi connectivity index (χ4v) is 5.99. The first-order valence-electron chi connectivity index (χ1n) is 11.5. The summed E-state index contributed by atoms with van der Waals surface area (Å²) in [5.41, 5.74) is 13.6. The Morgan fingerprint density at radius 2 is 0.812 bits per heavy atom. The molecule has 0 unspecified atom stereocenters. The minimum Gasteiger partial charge on any atom is -0.281 e. The van der Waals surface area contributed by atoms with Crippen LogP contribution < -0.4 is 10.6 Å². The summed E-state index contributed by atoms with van der Waals surface area (Å²) in [6.45, 7) is 9.42. The first kappa shape index (κ1) is 19.5. The zero-order valence-corrected chi connectivity index (χ0v) is 19.2. The Kier molecular flexibility index (Phi) is 4.05. The summed E-state index contributed by atoms with van der Waals surface area (Å²) in [5, 5.41) is 4.79. The first-order chi connectivity index (χ1) is 15.4. The Morgan fingerprint density at radius 3 is 1.25 bits per heavy atom. The lowest BCUT2D eigenvalue weighted by Gasteiger charge is -2.35. The summed E-state index contributed by atoms with van der Waals surface area (Å²) >= 11 is 0. The van der Waals surface area contributed by atoms with Crippen LogP contribution >= 0.6 is 0 Å². The minimum atomic E-state index is -0.0267. The Hall–Kier alpha value is -3.20. The fraction of sp³-hybridized carbons (Fsp3) is 0.200. The average molecular weight is 419 g/mol. The van der Waals surface area contributed by atoms with Crippen LogP contribution in [-0.2, 0) is 10.8 Å². The van der Waals surface area contributed by atoms with Crippen molar-refractivity contribution in [2.75, 3.05) is 0 Å². The topological polar surface area (TPSA) is 33.2 Å². The van der Waals surface area contributed by atoms with E-state index < -0.39 is 0 Å². The van der Waals surface area contributed by atoms with Crippen molar-refractivity contribution in [3.63, 3.8) is 0 Å². The molecule has 2 nitrogen and oxygen atoms in total. The number of fused-ring (bicyclic) bond motifs is 4. The summed E-state index contributed by atoms with van der Waals surface area (Å²) in [6.07, 6.45) is 0. The lowest BCUT2D eigenvalue weighted by atomic mass is 9.71. The molecular formula is C30H30N2+2. The van der Waals surface area contributed by atoms with Gasteiger partial charge in [0.1, 0.15) is 22.7 Å². The molecule has 2 aliphatic heterocycles. The first-order valence-corrected chi connectivity index (χ1v) is 11.5. The summed E-state index contributed by atoms with van der Waals surface area (Å²) in [6, 6.07) is 31.4. The maximum absolute atomic E-state index is 2.40. The van der Waals surface area contributed by atoms with Crippen LogP contribution in [0.4, 0.5) is 22.7 Å². The molecule has 6 rings (SSSR count). The smallest absolute Gasteiger partial charge is 0.146 e. The van der Waals surface area contributed by atoms with E-state index in [1.54, 1.807) is 0 Å². The zero-order chi connectivity index (χ0) is 22.1. The molecule has 2 heterocycles. The quantitative estimate of drug-likeness (QED) is 0.373. The van der Waals surface area contributed by atoms with Gasteiger partial charge in [0.2, 0.25) is 0 Å². The van der Waals surface area contributed by atoms with Crippen LogP contribution in [0.3, 0.4) is 0 Å². The number of benzene rings is 4. The lowest BCUT2D eigenvalue weighted by Crippen LogP contribution is -2.75. The monoisotopic (exact) mass is 418 g/mol. The fourth-order valence-electron chi connectivity index (χ4n) is 5.99. The number of nitrogens with two attached hydrogens (primary N) is 2. The Morgan fingerprint density at radius 1 is 0.438 bits per heavy atom. The van der Waals surface area contributed by atoms with E-state index in [4.69, 9.17) is 0 Å². The number of quaternary nitrogens is 2. The Labute approximate surface area is 190 Å². The van der Waals surface area contributed by atoms with Crippen molar-refractivity contribution in [2.45, 2.75) is 38.5 Å². The second-order valence-electron chi connectivity index (χ2n) is 10.2. The molecule has 0 radical (unpaired) electrons. The maximum Gasteiger partial charge on any atom is 0.146 e. The molecule has 0 atom stereocenters.